The van der Waals surface area contributed by atoms with E-state index in [1.807, 2.05) is 19.2 Å². The largest absolute Gasteiger partial charge is 0.315 e. The van der Waals surface area contributed by atoms with E-state index in [0.717, 1.165) is 12.8 Å². The van der Waals surface area contributed by atoms with Gasteiger partial charge in [0.15, 0.2) is 0 Å². The molecule has 0 saturated heterocycles. The number of likely N-dealkylation sites (N-methyl/N-ethyl adjacent to an activating group) is 1. The van der Waals surface area contributed by atoms with Crippen LogP contribution in [0, 0.1) is 0 Å². The SMILES string of the molecule is CCCC(Cn1nnc2ccccc2c1=O)NC. The molecule has 5 nitrogen and oxygen atoms in total. The minimum Gasteiger partial charge on any atom is -0.315 e. The zero-order valence-corrected chi connectivity index (χ0v) is 10.8. The minimum atomic E-state index is -0.0723. The third-order valence-electron chi connectivity index (χ3n) is 3.07. The first kappa shape index (κ1) is 12.7. The Morgan fingerprint density at radius 2 is 2.17 bits per heavy atom. The van der Waals surface area contributed by atoms with Crippen molar-refractivity contribution in [1.82, 2.24) is 20.3 Å². The Hall–Kier alpha value is -1.75. The Kier molecular flexibility index (Phi) is 4.04. The first-order valence-corrected chi connectivity index (χ1v) is 6.26. The van der Waals surface area contributed by atoms with Crippen molar-refractivity contribution >= 4 is 10.9 Å². The van der Waals surface area contributed by atoms with Crippen LogP contribution in [0.1, 0.15) is 19.8 Å². The van der Waals surface area contributed by atoms with E-state index in [1.165, 1.54) is 4.68 Å². The molecule has 1 heterocycles. The molecule has 1 aromatic carbocycles. The summed E-state index contributed by atoms with van der Waals surface area (Å²) in [6, 6.07) is 7.54. The molecule has 0 amide bonds. The molecule has 2 rings (SSSR count). The van der Waals surface area contributed by atoms with Gasteiger partial charge in [0.2, 0.25) is 0 Å². The van der Waals surface area contributed by atoms with Gasteiger partial charge in [0.05, 0.1) is 11.9 Å². The molecule has 0 bridgehead atoms. The maximum Gasteiger partial charge on any atom is 0.277 e. The van der Waals surface area contributed by atoms with E-state index in [0.29, 0.717) is 17.4 Å². The second kappa shape index (κ2) is 5.73. The van der Waals surface area contributed by atoms with Crippen molar-refractivity contribution in [2.24, 2.45) is 0 Å². The molecule has 0 aliphatic carbocycles. The van der Waals surface area contributed by atoms with E-state index >= 15 is 0 Å². The van der Waals surface area contributed by atoms with Crippen LogP contribution in [0.2, 0.25) is 0 Å². The predicted octanol–water partition coefficient (Wildman–Crippen LogP) is 1.18. The minimum absolute atomic E-state index is 0.0723. The smallest absolute Gasteiger partial charge is 0.277 e. The number of nitrogens with one attached hydrogen (secondary N) is 1. The molecule has 1 unspecified atom stereocenters. The van der Waals surface area contributed by atoms with Gasteiger partial charge in [-0.3, -0.25) is 4.79 Å². The average molecular weight is 246 g/mol. The normalized spacial score (nSPS) is 12.8. The van der Waals surface area contributed by atoms with Gasteiger partial charge >= 0.3 is 0 Å². The zero-order chi connectivity index (χ0) is 13.0. The van der Waals surface area contributed by atoms with Gasteiger partial charge in [-0.1, -0.05) is 30.7 Å². The highest BCUT2D eigenvalue weighted by molar-refractivity contribution is 5.76. The summed E-state index contributed by atoms with van der Waals surface area (Å²) in [6.45, 7) is 2.68. The summed E-state index contributed by atoms with van der Waals surface area (Å²) in [4.78, 5) is 12.2. The van der Waals surface area contributed by atoms with E-state index < -0.39 is 0 Å². The maximum atomic E-state index is 12.2. The molecular weight excluding hydrogens is 228 g/mol. The van der Waals surface area contributed by atoms with Crippen LogP contribution >= 0.6 is 0 Å². The predicted molar refractivity (Wildman–Crippen MR) is 71.6 cm³/mol. The van der Waals surface area contributed by atoms with Crippen LogP contribution in [0.15, 0.2) is 29.1 Å². The molecule has 1 atom stereocenters. The van der Waals surface area contributed by atoms with Crippen LogP contribution < -0.4 is 10.9 Å². The quantitative estimate of drug-likeness (QED) is 0.860. The molecule has 1 aromatic heterocycles. The first-order chi connectivity index (χ1) is 8.76. The third-order valence-corrected chi connectivity index (χ3v) is 3.07. The third kappa shape index (κ3) is 2.56. The molecule has 96 valence electrons. The van der Waals surface area contributed by atoms with Gasteiger partial charge in [-0.2, -0.15) is 0 Å². The molecule has 18 heavy (non-hydrogen) atoms. The van der Waals surface area contributed by atoms with Crippen molar-refractivity contribution in [3.8, 4) is 0 Å². The number of rotatable bonds is 5. The van der Waals surface area contributed by atoms with Gasteiger partial charge in [0.1, 0.15) is 5.52 Å². The fourth-order valence-electron chi connectivity index (χ4n) is 2.03. The van der Waals surface area contributed by atoms with E-state index in [4.69, 9.17) is 0 Å². The van der Waals surface area contributed by atoms with Gasteiger partial charge in [0.25, 0.3) is 5.56 Å². The summed E-state index contributed by atoms with van der Waals surface area (Å²) < 4.78 is 1.44. The lowest BCUT2D eigenvalue weighted by atomic mass is 10.1. The van der Waals surface area contributed by atoms with Crippen molar-refractivity contribution < 1.29 is 0 Å². The van der Waals surface area contributed by atoms with E-state index in [-0.39, 0.29) is 11.6 Å². The molecule has 0 aliphatic heterocycles. The molecule has 1 N–H and O–H groups in total. The van der Waals surface area contributed by atoms with Crippen molar-refractivity contribution in [2.75, 3.05) is 7.05 Å². The molecule has 0 fully saturated rings. The molecule has 0 spiro atoms. The van der Waals surface area contributed by atoms with Crippen LogP contribution in [0.4, 0.5) is 0 Å². The number of benzene rings is 1. The second-order valence-electron chi connectivity index (χ2n) is 4.37. The Labute approximate surface area is 106 Å². The highest BCUT2D eigenvalue weighted by Crippen LogP contribution is 2.04. The summed E-state index contributed by atoms with van der Waals surface area (Å²) in [7, 11) is 1.90. The molecular formula is C13H18N4O. The Morgan fingerprint density at radius 1 is 1.39 bits per heavy atom. The van der Waals surface area contributed by atoms with Gasteiger partial charge in [0, 0.05) is 6.04 Å². The van der Waals surface area contributed by atoms with Crippen LogP contribution in [-0.2, 0) is 6.54 Å². The van der Waals surface area contributed by atoms with E-state index in [2.05, 4.69) is 22.6 Å². The van der Waals surface area contributed by atoms with E-state index in [9.17, 15) is 4.79 Å². The number of hydrogen-bond acceptors (Lipinski definition) is 4. The van der Waals surface area contributed by atoms with E-state index in [1.54, 1.807) is 12.1 Å². The van der Waals surface area contributed by atoms with Crippen molar-refractivity contribution in [1.29, 1.82) is 0 Å². The lowest BCUT2D eigenvalue weighted by Crippen LogP contribution is -2.36. The fraction of sp³-hybridized carbons (Fsp3) is 0.462. The second-order valence-corrected chi connectivity index (χ2v) is 4.37. The van der Waals surface area contributed by atoms with Crippen molar-refractivity contribution in [2.45, 2.75) is 32.4 Å². The summed E-state index contributed by atoms with van der Waals surface area (Å²) in [5, 5.41) is 11.9. The Morgan fingerprint density at radius 3 is 2.89 bits per heavy atom. The lowest BCUT2D eigenvalue weighted by Gasteiger charge is -2.15. The van der Waals surface area contributed by atoms with Crippen molar-refractivity contribution in [3.63, 3.8) is 0 Å². The van der Waals surface area contributed by atoms with Crippen LogP contribution in [0.25, 0.3) is 10.9 Å². The zero-order valence-electron chi connectivity index (χ0n) is 10.8. The van der Waals surface area contributed by atoms with Crippen LogP contribution in [0.5, 0.6) is 0 Å². The standard InChI is InChI=1S/C13H18N4O/c1-3-6-10(14-2)9-17-13(18)11-7-4-5-8-12(11)15-16-17/h4-5,7-8,10,14H,3,6,9H2,1-2H3. The summed E-state index contributed by atoms with van der Waals surface area (Å²) in [6.07, 6.45) is 2.08. The van der Waals surface area contributed by atoms with Gasteiger partial charge in [-0.15, -0.1) is 5.10 Å². The Bertz CT molecular complexity index is 578. The lowest BCUT2D eigenvalue weighted by molar-refractivity contribution is 0.406. The number of nitrogens with zero attached hydrogens (tertiary/aromatic N) is 3. The number of fused-ring (bicyclic) bond motifs is 1. The Balaban J connectivity index is 2.34. The maximum absolute atomic E-state index is 12.2. The average Bonchev–Trinajstić information content (AvgIpc) is 2.41. The fourth-order valence-corrected chi connectivity index (χ4v) is 2.03. The summed E-state index contributed by atoms with van der Waals surface area (Å²) in [5.74, 6) is 0. The summed E-state index contributed by atoms with van der Waals surface area (Å²) >= 11 is 0. The number of hydrogen-bond donors (Lipinski definition) is 1. The molecule has 0 aliphatic rings. The molecule has 2 aromatic rings. The molecule has 0 saturated carbocycles. The highest BCUT2D eigenvalue weighted by Gasteiger charge is 2.10. The van der Waals surface area contributed by atoms with Crippen LogP contribution in [0.3, 0.4) is 0 Å². The molecule has 0 radical (unpaired) electrons. The first-order valence-electron chi connectivity index (χ1n) is 6.26. The monoisotopic (exact) mass is 246 g/mol. The topological polar surface area (TPSA) is 59.8 Å². The van der Waals surface area contributed by atoms with Gasteiger partial charge < -0.3 is 5.32 Å². The van der Waals surface area contributed by atoms with Crippen LogP contribution in [-0.4, -0.2) is 28.1 Å². The van der Waals surface area contributed by atoms with Crippen molar-refractivity contribution in [3.05, 3.63) is 34.6 Å². The summed E-state index contributed by atoms with van der Waals surface area (Å²) in [5.41, 5.74) is 0.576. The van der Waals surface area contributed by atoms with Gasteiger partial charge in [-0.05, 0) is 25.6 Å². The molecule has 5 heteroatoms. The highest BCUT2D eigenvalue weighted by atomic mass is 16.1. The number of aromatic nitrogens is 3. The van der Waals surface area contributed by atoms with Gasteiger partial charge in [-0.25, -0.2) is 4.68 Å².